The van der Waals surface area contributed by atoms with Crippen molar-refractivity contribution in [2.75, 3.05) is 7.11 Å². The number of hydrogen-bond acceptors (Lipinski definition) is 2. The van der Waals surface area contributed by atoms with Crippen LogP contribution >= 0.6 is 15.9 Å². The molecule has 0 fully saturated rings. The van der Waals surface area contributed by atoms with Crippen LogP contribution in [0.2, 0.25) is 0 Å². The third-order valence-electron chi connectivity index (χ3n) is 3.29. The van der Waals surface area contributed by atoms with Gasteiger partial charge in [0.2, 0.25) is 0 Å². The van der Waals surface area contributed by atoms with Crippen molar-refractivity contribution in [3.05, 3.63) is 28.2 Å². The molecule has 1 unspecified atom stereocenters. The maximum atomic E-state index is 11.4. The molecule has 0 bridgehead atoms. The molecule has 0 spiro atoms. The zero-order valence-electron chi connectivity index (χ0n) is 11.3. The van der Waals surface area contributed by atoms with Crippen LogP contribution in [-0.2, 0) is 4.79 Å². The number of benzene rings is 1. The normalized spacial score (nSPS) is 12.2. The number of hydrogen-bond donors (Lipinski definition) is 0. The highest BCUT2D eigenvalue weighted by Crippen LogP contribution is 2.34. The quantitative estimate of drug-likeness (QED) is 0.728. The first-order valence-electron chi connectivity index (χ1n) is 6.47. The third kappa shape index (κ3) is 4.13. The van der Waals surface area contributed by atoms with Gasteiger partial charge in [-0.1, -0.05) is 29.8 Å². The Bertz CT molecular complexity index is 401. The summed E-state index contributed by atoms with van der Waals surface area (Å²) in [6, 6.07) is 6.05. The van der Waals surface area contributed by atoms with Crippen molar-refractivity contribution in [2.45, 2.75) is 45.4 Å². The summed E-state index contributed by atoms with van der Waals surface area (Å²) in [4.78, 5) is 11.4. The van der Waals surface area contributed by atoms with Crippen LogP contribution in [0, 0.1) is 0 Å². The summed E-state index contributed by atoms with van der Waals surface area (Å²) in [5.74, 6) is 1.63. The Morgan fingerprint density at radius 2 is 2.11 bits per heavy atom. The SMILES string of the molecule is CCC(=O)CCC(CC)c1cc(Br)ccc1OC. The van der Waals surface area contributed by atoms with Crippen molar-refractivity contribution < 1.29 is 9.53 Å². The Labute approximate surface area is 118 Å². The number of methoxy groups -OCH3 is 1. The van der Waals surface area contributed by atoms with Crippen LogP contribution in [0.1, 0.15) is 51.0 Å². The van der Waals surface area contributed by atoms with E-state index in [0.717, 1.165) is 23.1 Å². The minimum atomic E-state index is 0.336. The van der Waals surface area contributed by atoms with Crippen molar-refractivity contribution in [3.8, 4) is 5.75 Å². The first kappa shape index (κ1) is 15.2. The predicted molar refractivity (Wildman–Crippen MR) is 78.3 cm³/mol. The highest BCUT2D eigenvalue weighted by Gasteiger charge is 2.16. The molecule has 0 N–H and O–H groups in total. The zero-order valence-corrected chi connectivity index (χ0v) is 12.9. The average Bonchev–Trinajstić information content (AvgIpc) is 2.39. The lowest BCUT2D eigenvalue weighted by molar-refractivity contribution is -0.118. The van der Waals surface area contributed by atoms with Gasteiger partial charge in [-0.3, -0.25) is 4.79 Å². The Kier molecular flexibility index (Phi) is 6.41. The molecular weight excluding hydrogens is 292 g/mol. The van der Waals surface area contributed by atoms with Crippen LogP contribution in [0.5, 0.6) is 5.75 Å². The second kappa shape index (κ2) is 7.57. The topological polar surface area (TPSA) is 26.3 Å². The van der Waals surface area contributed by atoms with Gasteiger partial charge in [-0.25, -0.2) is 0 Å². The Hall–Kier alpha value is -0.830. The summed E-state index contributed by atoms with van der Waals surface area (Å²) in [7, 11) is 1.69. The number of ketones is 1. The van der Waals surface area contributed by atoms with Crippen LogP contribution in [0.25, 0.3) is 0 Å². The molecule has 0 saturated heterocycles. The van der Waals surface area contributed by atoms with E-state index in [2.05, 4.69) is 28.9 Å². The molecule has 0 amide bonds. The lowest BCUT2D eigenvalue weighted by atomic mass is 9.90. The first-order chi connectivity index (χ1) is 8.62. The summed E-state index contributed by atoms with van der Waals surface area (Å²) >= 11 is 3.49. The number of carbonyl (C=O) groups excluding carboxylic acids is 1. The number of ether oxygens (including phenoxy) is 1. The molecule has 0 aliphatic carbocycles. The minimum absolute atomic E-state index is 0.336. The highest BCUT2D eigenvalue weighted by atomic mass is 79.9. The number of carbonyl (C=O) groups is 1. The monoisotopic (exact) mass is 312 g/mol. The second-order valence-corrected chi connectivity index (χ2v) is 5.34. The van der Waals surface area contributed by atoms with Crippen molar-refractivity contribution in [1.82, 2.24) is 0 Å². The van der Waals surface area contributed by atoms with E-state index >= 15 is 0 Å². The van der Waals surface area contributed by atoms with E-state index < -0.39 is 0 Å². The molecule has 100 valence electrons. The minimum Gasteiger partial charge on any atom is -0.496 e. The molecule has 0 radical (unpaired) electrons. The average molecular weight is 313 g/mol. The number of halogens is 1. The van der Waals surface area contributed by atoms with E-state index in [-0.39, 0.29) is 0 Å². The van der Waals surface area contributed by atoms with Gasteiger partial charge >= 0.3 is 0 Å². The van der Waals surface area contributed by atoms with Crippen molar-refractivity contribution in [2.24, 2.45) is 0 Å². The summed E-state index contributed by atoms with van der Waals surface area (Å²) in [5, 5.41) is 0. The van der Waals surface area contributed by atoms with Crippen molar-refractivity contribution >= 4 is 21.7 Å². The first-order valence-corrected chi connectivity index (χ1v) is 7.26. The molecule has 18 heavy (non-hydrogen) atoms. The smallest absolute Gasteiger partial charge is 0.132 e. The molecule has 1 aromatic rings. The van der Waals surface area contributed by atoms with Gasteiger partial charge < -0.3 is 4.74 Å². The molecule has 1 rings (SSSR count). The maximum Gasteiger partial charge on any atom is 0.132 e. The standard InChI is InChI=1S/C15H21BrO2/c1-4-11(6-8-13(17)5-2)14-10-12(16)7-9-15(14)18-3/h7,9-11H,4-6,8H2,1-3H3. The van der Waals surface area contributed by atoms with Crippen molar-refractivity contribution in [3.63, 3.8) is 0 Å². The molecular formula is C15H21BrO2. The van der Waals surface area contributed by atoms with Crippen LogP contribution < -0.4 is 4.74 Å². The fraction of sp³-hybridized carbons (Fsp3) is 0.533. The molecule has 0 saturated carbocycles. The van der Waals surface area contributed by atoms with Crippen LogP contribution in [-0.4, -0.2) is 12.9 Å². The van der Waals surface area contributed by atoms with Gasteiger partial charge in [-0.05, 0) is 42.5 Å². The molecule has 0 heterocycles. The van der Waals surface area contributed by atoms with E-state index in [0.29, 0.717) is 24.5 Å². The Morgan fingerprint density at radius 1 is 1.39 bits per heavy atom. The summed E-state index contributed by atoms with van der Waals surface area (Å²) in [6.45, 7) is 4.07. The van der Waals surface area contributed by atoms with E-state index in [4.69, 9.17) is 4.74 Å². The van der Waals surface area contributed by atoms with Crippen LogP contribution in [0.4, 0.5) is 0 Å². The lowest BCUT2D eigenvalue weighted by Crippen LogP contribution is -2.04. The van der Waals surface area contributed by atoms with E-state index in [1.165, 1.54) is 5.56 Å². The van der Waals surface area contributed by atoms with E-state index in [1.807, 2.05) is 19.1 Å². The molecule has 0 aromatic heterocycles. The molecule has 1 aromatic carbocycles. The summed E-state index contributed by atoms with van der Waals surface area (Å²) in [5.41, 5.74) is 1.19. The predicted octanol–water partition coefficient (Wildman–Crippen LogP) is 4.71. The lowest BCUT2D eigenvalue weighted by Gasteiger charge is -2.18. The Morgan fingerprint density at radius 3 is 2.67 bits per heavy atom. The van der Waals surface area contributed by atoms with Crippen molar-refractivity contribution in [1.29, 1.82) is 0 Å². The summed E-state index contributed by atoms with van der Waals surface area (Å²) < 4.78 is 6.46. The zero-order chi connectivity index (χ0) is 13.5. The van der Waals surface area contributed by atoms with Gasteiger partial charge in [-0.15, -0.1) is 0 Å². The third-order valence-corrected chi connectivity index (χ3v) is 3.78. The van der Waals surface area contributed by atoms with Gasteiger partial charge in [0.1, 0.15) is 11.5 Å². The molecule has 3 heteroatoms. The van der Waals surface area contributed by atoms with Gasteiger partial charge in [0.25, 0.3) is 0 Å². The largest absolute Gasteiger partial charge is 0.496 e. The van der Waals surface area contributed by atoms with Gasteiger partial charge in [0.05, 0.1) is 7.11 Å². The fourth-order valence-electron chi connectivity index (χ4n) is 2.12. The molecule has 1 atom stereocenters. The molecule has 2 nitrogen and oxygen atoms in total. The van der Waals surface area contributed by atoms with Crippen LogP contribution in [0.3, 0.4) is 0 Å². The van der Waals surface area contributed by atoms with Gasteiger partial charge in [0.15, 0.2) is 0 Å². The molecule has 0 aliphatic heterocycles. The summed E-state index contributed by atoms with van der Waals surface area (Å²) in [6.07, 6.45) is 3.20. The number of Topliss-reactive ketones (excluding diaryl/α,β-unsaturated/α-hetero) is 1. The van der Waals surface area contributed by atoms with E-state index in [1.54, 1.807) is 7.11 Å². The second-order valence-electron chi connectivity index (χ2n) is 4.42. The van der Waals surface area contributed by atoms with Gasteiger partial charge in [-0.2, -0.15) is 0 Å². The van der Waals surface area contributed by atoms with Crippen LogP contribution in [0.15, 0.2) is 22.7 Å². The fourth-order valence-corrected chi connectivity index (χ4v) is 2.49. The maximum absolute atomic E-state index is 11.4. The van der Waals surface area contributed by atoms with E-state index in [9.17, 15) is 4.79 Å². The molecule has 0 aliphatic rings. The van der Waals surface area contributed by atoms with Gasteiger partial charge in [0, 0.05) is 17.3 Å². The highest BCUT2D eigenvalue weighted by molar-refractivity contribution is 9.10. The Balaban J connectivity index is 2.86. The number of rotatable bonds is 7.